The van der Waals surface area contributed by atoms with Crippen molar-refractivity contribution in [2.24, 2.45) is 0 Å². The lowest BCUT2D eigenvalue weighted by atomic mass is 10.2. The van der Waals surface area contributed by atoms with Crippen LogP contribution < -0.4 is 5.32 Å². The summed E-state index contributed by atoms with van der Waals surface area (Å²) in [6.07, 6.45) is 0.182. The van der Waals surface area contributed by atoms with E-state index in [1.165, 1.54) is 11.3 Å². The Labute approximate surface area is 123 Å². The molecule has 0 saturated carbocycles. The highest BCUT2D eigenvalue weighted by molar-refractivity contribution is 7.87. The van der Waals surface area contributed by atoms with E-state index in [-0.39, 0.29) is 12.3 Å². The van der Waals surface area contributed by atoms with Crippen LogP contribution in [0.4, 0.5) is 5.69 Å². The Morgan fingerprint density at radius 2 is 2.20 bits per heavy atom. The van der Waals surface area contributed by atoms with Gasteiger partial charge in [0, 0.05) is 17.9 Å². The molecule has 4 nitrogen and oxygen atoms in total. The van der Waals surface area contributed by atoms with Gasteiger partial charge in [0.2, 0.25) is 5.91 Å². The van der Waals surface area contributed by atoms with E-state index in [0.29, 0.717) is 17.0 Å². The molecule has 6 heteroatoms. The fraction of sp³-hybridized carbons (Fsp3) is 0.143. The van der Waals surface area contributed by atoms with Crippen LogP contribution in [0, 0.1) is 11.3 Å². The molecule has 0 aliphatic carbocycles. The van der Waals surface area contributed by atoms with Crippen molar-refractivity contribution >= 4 is 33.7 Å². The van der Waals surface area contributed by atoms with Crippen LogP contribution in [-0.4, -0.2) is 15.9 Å². The van der Waals surface area contributed by atoms with Gasteiger partial charge in [-0.2, -0.15) is 5.26 Å². The van der Waals surface area contributed by atoms with Crippen molar-refractivity contribution in [1.82, 2.24) is 0 Å². The Hall–Kier alpha value is -1.97. The topological polar surface area (TPSA) is 70.0 Å². The average molecular weight is 304 g/mol. The normalized spacial score (nSPS) is 11.6. The summed E-state index contributed by atoms with van der Waals surface area (Å²) in [5.74, 6) is 0.0922. The van der Waals surface area contributed by atoms with Crippen LogP contribution in [0.5, 0.6) is 0 Å². The Balaban J connectivity index is 1.86. The first-order valence-corrected chi connectivity index (χ1v) is 8.11. The minimum absolute atomic E-state index is 0.182. The number of amides is 1. The molecule has 2 rings (SSSR count). The van der Waals surface area contributed by atoms with Crippen LogP contribution in [0.3, 0.4) is 0 Å². The number of anilines is 1. The van der Waals surface area contributed by atoms with Crippen LogP contribution in [0.1, 0.15) is 12.0 Å². The molecule has 0 fully saturated rings. The Bertz CT molecular complexity index is 660. The van der Waals surface area contributed by atoms with Gasteiger partial charge >= 0.3 is 0 Å². The first-order chi connectivity index (χ1) is 9.69. The maximum absolute atomic E-state index is 11.9. The fourth-order valence-electron chi connectivity index (χ4n) is 1.57. The summed E-state index contributed by atoms with van der Waals surface area (Å²) in [7, 11) is -1.13. The highest BCUT2D eigenvalue weighted by Crippen LogP contribution is 2.15. The maximum Gasteiger partial charge on any atom is 0.225 e. The first-order valence-electron chi connectivity index (χ1n) is 5.91. The van der Waals surface area contributed by atoms with Crippen LogP contribution >= 0.6 is 11.3 Å². The highest BCUT2D eigenvalue weighted by Gasteiger charge is 2.09. The summed E-state index contributed by atoms with van der Waals surface area (Å²) >= 11 is 1.42. The second kappa shape index (κ2) is 6.98. The predicted molar refractivity (Wildman–Crippen MR) is 80.0 cm³/mol. The third-order valence-electron chi connectivity index (χ3n) is 2.51. The molecule has 0 aliphatic heterocycles. The number of rotatable bonds is 5. The molecule has 0 aliphatic rings. The smallest absolute Gasteiger partial charge is 0.225 e. The second-order valence-electron chi connectivity index (χ2n) is 3.97. The lowest BCUT2D eigenvalue weighted by molar-refractivity contribution is -0.115. The zero-order valence-corrected chi connectivity index (χ0v) is 12.2. The van der Waals surface area contributed by atoms with Crippen LogP contribution in [0.25, 0.3) is 0 Å². The molecule has 1 aromatic heterocycles. The standard InChI is InChI=1S/C14H12N2O2S2/c15-10-11-3-1-4-12(9-11)16-13(17)6-8-20(18)14-5-2-7-19-14/h1-5,7,9H,6,8H2,(H,16,17). The van der Waals surface area contributed by atoms with E-state index in [4.69, 9.17) is 5.26 Å². The average Bonchev–Trinajstić information content (AvgIpc) is 2.99. The van der Waals surface area contributed by atoms with E-state index >= 15 is 0 Å². The van der Waals surface area contributed by atoms with Crippen molar-refractivity contribution in [3.8, 4) is 6.07 Å². The van der Waals surface area contributed by atoms with Crippen molar-refractivity contribution in [1.29, 1.82) is 5.26 Å². The van der Waals surface area contributed by atoms with Gasteiger partial charge in [0.05, 0.1) is 26.6 Å². The molecule has 0 bridgehead atoms. The minimum atomic E-state index is -1.13. The van der Waals surface area contributed by atoms with Crippen molar-refractivity contribution in [2.45, 2.75) is 10.6 Å². The lowest BCUT2D eigenvalue weighted by Gasteiger charge is -2.05. The van der Waals surface area contributed by atoms with E-state index in [0.717, 1.165) is 4.21 Å². The van der Waals surface area contributed by atoms with Gasteiger partial charge in [-0.15, -0.1) is 11.3 Å². The fourth-order valence-corrected chi connectivity index (χ4v) is 3.67. The van der Waals surface area contributed by atoms with E-state index < -0.39 is 10.8 Å². The summed E-state index contributed by atoms with van der Waals surface area (Å²) in [4.78, 5) is 11.8. The number of carbonyl (C=O) groups is 1. The predicted octanol–water partition coefficient (Wildman–Crippen LogP) is 2.76. The molecule has 1 aromatic carbocycles. The molecule has 1 atom stereocenters. The number of nitriles is 1. The number of nitrogens with zero attached hydrogens (tertiary/aromatic N) is 1. The Morgan fingerprint density at radius 1 is 1.35 bits per heavy atom. The zero-order valence-electron chi connectivity index (χ0n) is 10.5. The highest BCUT2D eigenvalue weighted by atomic mass is 32.2. The maximum atomic E-state index is 11.9. The van der Waals surface area contributed by atoms with E-state index in [2.05, 4.69) is 5.32 Å². The van der Waals surface area contributed by atoms with Crippen LogP contribution in [0.2, 0.25) is 0 Å². The van der Waals surface area contributed by atoms with Gasteiger partial charge in [-0.3, -0.25) is 9.00 Å². The quantitative estimate of drug-likeness (QED) is 0.923. The van der Waals surface area contributed by atoms with Crippen LogP contribution in [-0.2, 0) is 15.6 Å². The lowest BCUT2D eigenvalue weighted by Crippen LogP contribution is -2.14. The van der Waals surface area contributed by atoms with Crippen molar-refractivity contribution in [3.05, 3.63) is 47.3 Å². The molecule has 1 amide bonds. The summed E-state index contributed by atoms with van der Waals surface area (Å²) in [5, 5.41) is 13.3. The van der Waals surface area contributed by atoms with Crippen molar-refractivity contribution in [2.75, 3.05) is 11.1 Å². The van der Waals surface area contributed by atoms with Crippen LogP contribution in [0.15, 0.2) is 46.0 Å². The van der Waals surface area contributed by atoms with E-state index in [1.807, 2.05) is 17.5 Å². The van der Waals surface area contributed by atoms with Gasteiger partial charge in [-0.05, 0) is 29.6 Å². The number of carbonyl (C=O) groups excluding carboxylic acids is 1. The molecule has 1 N–H and O–H groups in total. The van der Waals surface area contributed by atoms with Gasteiger partial charge in [0.15, 0.2) is 0 Å². The third kappa shape index (κ3) is 4.02. The molecule has 1 heterocycles. The summed E-state index contributed by atoms with van der Waals surface area (Å²) in [6.45, 7) is 0. The summed E-state index contributed by atoms with van der Waals surface area (Å²) < 4.78 is 12.6. The Kier molecular flexibility index (Phi) is 5.04. The Morgan fingerprint density at radius 3 is 2.90 bits per heavy atom. The third-order valence-corrected chi connectivity index (χ3v) is 5.18. The molecule has 0 radical (unpaired) electrons. The van der Waals surface area contributed by atoms with Gasteiger partial charge < -0.3 is 5.32 Å². The molecule has 20 heavy (non-hydrogen) atoms. The number of benzene rings is 1. The molecule has 0 spiro atoms. The molecule has 1 unspecified atom stereocenters. The molecule has 2 aromatic rings. The number of hydrogen-bond donors (Lipinski definition) is 1. The first kappa shape index (κ1) is 14.4. The molecule has 102 valence electrons. The monoisotopic (exact) mass is 304 g/mol. The molecular weight excluding hydrogens is 292 g/mol. The van der Waals surface area contributed by atoms with Crippen molar-refractivity contribution in [3.63, 3.8) is 0 Å². The van der Waals surface area contributed by atoms with Crippen molar-refractivity contribution < 1.29 is 9.00 Å². The SMILES string of the molecule is N#Cc1cccc(NC(=O)CCS(=O)c2cccs2)c1. The number of thiophene rings is 1. The number of nitrogens with one attached hydrogen (secondary N) is 1. The van der Waals surface area contributed by atoms with Gasteiger partial charge in [0.1, 0.15) is 0 Å². The van der Waals surface area contributed by atoms with Gasteiger partial charge in [-0.1, -0.05) is 12.1 Å². The van der Waals surface area contributed by atoms with E-state index in [1.54, 1.807) is 30.3 Å². The largest absolute Gasteiger partial charge is 0.326 e. The van der Waals surface area contributed by atoms with E-state index in [9.17, 15) is 9.00 Å². The molecule has 0 saturated heterocycles. The zero-order chi connectivity index (χ0) is 14.4. The molecular formula is C14H12N2O2S2. The number of hydrogen-bond acceptors (Lipinski definition) is 4. The van der Waals surface area contributed by atoms with Gasteiger partial charge in [0.25, 0.3) is 0 Å². The second-order valence-corrected chi connectivity index (χ2v) is 6.72. The summed E-state index contributed by atoms with van der Waals surface area (Å²) in [6, 6.07) is 12.3. The van der Waals surface area contributed by atoms with Gasteiger partial charge in [-0.25, -0.2) is 0 Å². The summed E-state index contributed by atoms with van der Waals surface area (Å²) in [5.41, 5.74) is 1.07. The minimum Gasteiger partial charge on any atom is -0.326 e.